The molecule has 1 N–H and O–H groups in total. The molecule has 1 rings (SSSR count). The Morgan fingerprint density at radius 3 is 2.16 bits per heavy atom. The predicted molar refractivity (Wildman–Crippen MR) is 89.9 cm³/mol. The number of β-lactam (4-membered cyclic amide) rings is 1. The van der Waals surface area contributed by atoms with Gasteiger partial charge in [0.2, 0.25) is 5.91 Å². The molecule has 1 saturated heterocycles. The van der Waals surface area contributed by atoms with E-state index in [-0.39, 0.29) is 11.3 Å². The number of hydrogen-bond donors (Lipinski definition) is 1. The molecule has 1 amide bonds. The first-order chi connectivity index (χ1) is 8.73. The molecular weight excluding hydrogens is 290 g/mol. The van der Waals surface area contributed by atoms with E-state index in [1.807, 2.05) is 0 Å². The molecular formula is C12H29NO3Si3. The summed E-state index contributed by atoms with van der Waals surface area (Å²) in [5.41, 5.74) is 2.29. The van der Waals surface area contributed by atoms with Crippen molar-refractivity contribution in [2.24, 2.45) is 5.41 Å². The van der Waals surface area contributed by atoms with Crippen LogP contribution in [0.5, 0.6) is 0 Å². The van der Waals surface area contributed by atoms with Crippen molar-refractivity contribution in [1.82, 2.24) is 5.32 Å². The van der Waals surface area contributed by atoms with E-state index in [2.05, 4.69) is 43.3 Å². The lowest BCUT2D eigenvalue weighted by Crippen LogP contribution is -2.43. The molecule has 0 aromatic rings. The summed E-state index contributed by atoms with van der Waals surface area (Å²) in [6.45, 7) is 12.3. The number of amides is 1. The highest BCUT2D eigenvalue weighted by atomic mass is 28.3. The molecule has 1 heterocycles. The van der Waals surface area contributed by atoms with Crippen molar-refractivity contribution in [1.29, 1.82) is 0 Å². The minimum absolute atomic E-state index is 0.0645. The highest BCUT2D eigenvalue weighted by Crippen LogP contribution is 2.32. The number of nitrogens with one attached hydrogen (secondary N) is 1. The first-order valence-corrected chi connectivity index (χ1v) is 11.2. The van der Waals surface area contributed by atoms with E-state index in [0.717, 1.165) is 46.1 Å². The fourth-order valence-corrected chi connectivity index (χ4v) is 2.46. The van der Waals surface area contributed by atoms with Gasteiger partial charge in [-0.15, -0.1) is 0 Å². The van der Waals surface area contributed by atoms with Crippen LogP contribution in [0, 0.1) is 5.41 Å². The summed E-state index contributed by atoms with van der Waals surface area (Å²) in [6, 6.07) is 0. The number of rotatable bonds is 4. The Morgan fingerprint density at radius 1 is 1.37 bits per heavy atom. The van der Waals surface area contributed by atoms with Crippen LogP contribution in [0.25, 0.3) is 0 Å². The van der Waals surface area contributed by atoms with Gasteiger partial charge < -0.3 is 13.9 Å². The summed E-state index contributed by atoms with van der Waals surface area (Å²) in [5, 5.41) is 2.78. The molecule has 1 aliphatic heterocycles. The summed E-state index contributed by atoms with van der Waals surface area (Å²) >= 11 is 0. The minimum atomic E-state index is -0.944. The van der Waals surface area contributed by atoms with Crippen LogP contribution in [0.2, 0.25) is 13.1 Å². The van der Waals surface area contributed by atoms with Gasteiger partial charge in [0.25, 0.3) is 0 Å². The van der Waals surface area contributed by atoms with Crippen LogP contribution in [0.15, 0.2) is 11.1 Å². The first kappa shape index (κ1) is 18.8. The van der Waals surface area contributed by atoms with Gasteiger partial charge >= 0.3 is 0 Å². The lowest BCUT2D eigenvalue weighted by molar-refractivity contribution is -0.120. The van der Waals surface area contributed by atoms with Crippen LogP contribution < -0.4 is 5.32 Å². The van der Waals surface area contributed by atoms with E-state index in [4.69, 9.17) is 4.43 Å². The zero-order valence-electron chi connectivity index (χ0n) is 13.4. The largest absolute Gasteiger partial charge is 0.471 e. The molecule has 112 valence electrons. The van der Waals surface area contributed by atoms with E-state index >= 15 is 0 Å². The van der Waals surface area contributed by atoms with Crippen LogP contribution in [0.1, 0.15) is 27.2 Å². The Kier molecular flexibility index (Phi) is 8.75. The molecule has 0 bridgehead atoms. The van der Waals surface area contributed by atoms with Crippen molar-refractivity contribution in [2.75, 3.05) is 13.2 Å². The minimum Gasteiger partial charge on any atom is -0.471 e. The fourth-order valence-electron chi connectivity index (χ4n) is 1.87. The van der Waals surface area contributed by atoms with Crippen molar-refractivity contribution in [3.05, 3.63) is 11.1 Å². The highest BCUT2D eigenvalue weighted by molar-refractivity contribution is 6.48. The summed E-state index contributed by atoms with van der Waals surface area (Å²) in [7, 11) is 0.917. The van der Waals surface area contributed by atoms with Gasteiger partial charge in [0.05, 0.1) is 0 Å². The van der Waals surface area contributed by atoms with Crippen molar-refractivity contribution in [2.45, 2.75) is 40.3 Å². The average Bonchev–Trinajstić information content (AvgIpc) is 2.25. The number of hydrogen-bond acceptors (Lipinski definition) is 3. The predicted octanol–water partition coefficient (Wildman–Crippen LogP) is -0.587. The second kappa shape index (κ2) is 8.85. The lowest BCUT2D eigenvalue weighted by Gasteiger charge is -2.31. The Labute approximate surface area is 125 Å². The molecule has 4 nitrogen and oxygen atoms in total. The summed E-state index contributed by atoms with van der Waals surface area (Å²) < 4.78 is 10.2. The molecule has 0 atom stereocenters. The quantitative estimate of drug-likeness (QED) is 0.428. The van der Waals surface area contributed by atoms with Gasteiger partial charge in [0.1, 0.15) is 21.0 Å². The molecule has 0 aromatic heterocycles. The topological polar surface area (TPSA) is 47.6 Å². The summed E-state index contributed by atoms with van der Waals surface area (Å²) in [6.07, 6.45) is 0.886. The van der Waals surface area contributed by atoms with Crippen molar-refractivity contribution in [3.8, 4) is 0 Å². The Hall–Kier alpha value is -0.219. The summed E-state index contributed by atoms with van der Waals surface area (Å²) in [4.78, 5) is 11.4. The Bertz CT molecular complexity index is 325. The Morgan fingerprint density at radius 2 is 1.89 bits per heavy atom. The average molecular weight is 320 g/mol. The monoisotopic (exact) mass is 319 g/mol. The van der Waals surface area contributed by atoms with Gasteiger partial charge in [0.15, 0.2) is 9.04 Å². The zero-order valence-corrected chi connectivity index (χ0v) is 18.6. The molecule has 0 unspecified atom stereocenters. The third-order valence-electron chi connectivity index (χ3n) is 2.77. The van der Waals surface area contributed by atoms with E-state index in [1.54, 1.807) is 0 Å². The number of carbonyl (C=O) groups is 1. The first-order valence-electron chi connectivity index (χ1n) is 6.76. The SMILES string of the molecule is C[SiH](C)OCC/C(=C1\CNC1=O)C(C)(C)C.[SiH3]O[SiH3]. The van der Waals surface area contributed by atoms with Gasteiger partial charge in [0, 0.05) is 18.7 Å². The molecule has 0 aromatic carbocycles. The van der Waals surface area contributed by atoms with Gasteiger partial charge in [-0.25, -0.2) is 0 Å². The van der Waals surface area contributed by atoms with Gasteiger partial charge in [-0.2, -0.15) is 0 Å². The van der Waals surface area contributed by atoms with Gasteiger partial charge in [-0.3, -0.25) is 4.79 Å². The fraction of sp³-hybridized carbons (Fsp3) is 0.750. The molecule has 0 spiro atoms. The molecule has 19 heavy (non-hydrogen) atoms. The highest BCUT2D eigenvalue weighted by Gasteiger charge is 2.29. The third-order valence-corrected chi connectivity index (χ3v) is 3.68. The van der Waals surface area contributed by atoms with Crippen LogP contribution in [0.4, 0.5) is 0 Å². The molecule has 1 aliphatic rings. The normalized spacial score (nSPS) is 17.7. The molecule has 1 fully saturated rings. The van der Waals surface area contributed by atoms with E-state index in [1.165, 1.54) is 5.57 Å². The maximum atomic E-state index is 11.4. The maximum Gasteiger partial charge on any atom is 0.249 e. The van der Waals surface area contributed by atoms with Gasteiger partial charge in [-0.1, -0.05) is 26.3 Å². The zero-order chi connectivity index (χ0) is 15.1. The molecule has 0 radical (unpaired) electrons. The van der Waals surface area contributed by atoms with Crippen molar-refractivity contribution < 1.29 is 13.3 Å². The van der Waals surface area contributed by atoms with E-state index < -0.39 is 9.04 Å². The molecule has 0 aliphatic carbocycles. The van der Waals surface area contributed by atoms with Crippen LogP contribution in [-0.2, 0) is 13.3 Å². The second-order valence-electron chi connectivity index (χ2n) is 5.97. The van der Waals surface area contributed by atoms with Crippen LogP contribution in [-0.4, -0.2) is 49.1 Å². The lowest BCUT2D eigenvalue weighted by atomic mass is 9.80. The van der Waals surface area contributed by atoms with E-state index in [0.29, 0.717) is 0 Å². The standard InChI is InChI=1S/C12H23NO2Si.H6OSi2/c1-12(2,3)10(6-7-15-16(4)5)9-8-13-11(9)14;2-1-3/h16H,6-8H2,1-5H3,(H,13,14);2-3H3/b10-9-;. The molecule has 0 saturated carbocycles. The third kappa shape index (κ3) is 7.21. The van der Waals surface area contributed by atoms with Gasteiger partial charge in [-0.05, 0) is 24.9 Å². The van der Waals surface area contributed by atoms with E-state index in [9.17, 15) is 4.79 Å². The molecule has 7 heteroatoms. The smallest absolute Gasteiger partial charge is 0.249 e. The van der Waals surface area contributed by atoms with Crippen LogP contribution in [0.3, 0.4) is 0 Å². The summed E-state index contributed by atoms with van der Waals surface area (Å²) in [5.74, 6) is 0.103. The van der Waals surface area contributed by atoms with Crippen LogP contribution >= 0.6 is 0 Å². The maximum absolute atomic E-state index is 11.4. The van der Waals surface area contributed by atoms with Crippen molar-refractivity contribution >= 4 is 35.9 Å². The second-order valence-corrected chi connectivity index (χ2v) is 11.7. The van der Waals surface area contributed by atoms with Crippen molar-refractivity contribution in [3.63, 3.8) is 0 Å². The Balaban J connectivity index is 0.000000982. The number of carbonyl (C=O) groups excluding carboxylic acids is 1.